The van der Waals surface area contributed by atoms with Crippen LogP contribution in [-0.4, -0.2) is 29.3 Å². The van der Waals surface area contributed by atoms with Crippen molar-refractivity contribution < 1.29 is 17.9 Å². The maximum atomic E-state index is 12.3. The molecule has 7 heteroatoms. The summed E-state index contributed by atoms with van der Waals surface area (Å²) >= 11 is 0. The first-order valence-electron chi connectivity index (χ1n) is 9.00. The number of nitrogens with one attached hydrogen (secondary N) is 1. The standard InChI is InChI=1S/C22H24F3N3O/c1-5-7-8-20(18-11-13-28(14-12-18)16(3)6-2)17(4)27-19-9-10-21(26-15-19)29-22(23,24)25/h5-11,15,27H,2-4,12-14H2,1H3/b7-5-,20-8+. The number of anilines is 1. The first-order valence-corrected chi connectivity index (χ1v) is 9.00. The lowest BCUT2D eigenvalue weighted by molar-refractivity contribution is -0.276. The number of halogens is 3. The summed E-state index contributed by atoms with van der Waals surface area (Å²) in [7, 11) is 0. The van der Waals surface area contributed by atoms with Gasteiger partial charge in [-0.15, -0.1) is 13.2 Å². The molecule has 1 N–H and O–H groups in total. The van der Waals surface area contributed by atoms with E-state index in [0.29, 0.717) is 17.9 Å². The Bertz CT molecular complexity index is 849. The Labute approximate surface area is 169 Å². The predicted molar refractivity (Wildman–Crippen MR) is 110 cm³/mol. The maximum absolute atomic E-state index is 12.3. The first kappa shape index (κ1) is 22.1. The van der Waals surface area contributed by atoms with Crippen molar-refractivity contribution in [3.63, 3.8) is 0 Å². The molecule has 0 atom stereocenters. The van der Waals surface area contributed by atoms with E-state index < -0.39 is 12.2 Å². The fourth-order valence-electron chi connectivity index (χ4n) is 2.77. The summed E-state index contributed by atoms with van der Waals surface area (Å²) in [6.07, 6.45) is 6.91. The van der Waals surface area contributed by atoms with Crippen LogP contribution in [0, 0.1) is 0 Å². The molecular formula is C22H24F3N3O. The van der Waals surface area contributed by atoms with Crippen LogP contribution in [0.25, 0.3) is 0 Å². The van der Waals surface area contributed by atoms with Crippen LogP contribution >= 0.6 is 0 Å². The quantitative estimate of drug-likeness (QED) is 0.562. The van der Waals surface area contributed by atoms with Gasteiger partial charge in [0.05, 0.1) is 11.9 Å². The average Bonchev–Trinajstić information content (AvgIpc) is 2.68. The van der Waals surface area contributed by atoms with Crippen LogP contribution in [0.4, 0.5) is 18.9 Å². The molecule has 0 amide bonds. The number of hydrogen-bond acceptors (Lipinski definition) is 4. The molecule has 0 radical (unpaired) electrons. The highest BCUT2D eigenvalue weighted by atomic mass is 19.4. The largest absolute Gasteiger partial charge is 0.574 e. The third kappa shape index (κ3) is 6.71. The number of ether oxygens (including phenoxy) is 1. The predicted octanol–water partition coefficient (Wildman–Crippen LogP) is 5.74. The van der Waals surface area contributed by atoms with E-state index >= 15 is 0 Å². The second-order valence-corrected chi connectivity index (χ2v) is 6.26. The highest BCUT2D eigenvalue weighted by Crippen LogP contribution is 2.28. The molecule has 0 saturated heterocycles. The molecular weight excluding hydrogens is 379 g/mol. The summed E-state index contributed by atoms with van der Waals surface area (Å²) in [6.45, 7) is 15.2. The normalized spacial score (nSPS) is 15.1. The SMILES string of the molecule is C=CC(=C)N1CC=C(/C(=C/C=C\C)C(=C)Nc2ccc(OC(F)(F)F)nc2)CC1. The lowest BCUT2D eigenvalue weighted by Crippen LogP contribution is -2.27. The van der Waals surface area contributed by atoms with Crippen LogP contribution in [0.1, 0.15) is 13.3 Å². The molecule has 4 nitrogen and oxygen atoms in total. The Balaban J connectivity index is 2.13. The minimum absolute atomic E-state index is 0.508. The van der Waals surface area contributed by atoms with Gasteiger partial charge in [-0.2, -0.15) is 0 Å². The fraction of sp³-hybridized carbons (Fsp3) is 0.227. The molecule has 0 fully saturated rings. The Hall–Kier alpha value is -3.22. The molecule has 1 aliphatic rings. The zero-order valence-corrected chi connectivity index (χ0v) is 16.3. The van der Waals surface area contributed by atoms with Gasteiger partial charge >= 0.3 is 6.36 Å². The molecule has 0 unspecified atom stereocenters. The minimum atomic E-state index is -4.77. The summed E-state index contributed by atoms with van der Waals surface area (Å²) in [5, 5.41) is 3.10. The molecule has 154 valence electrons. The van der Waals surface area contributed by atoms with E-state index in [0.717, 1.165) is 35.9 Å². The number of aromatic nitrogens is 1. The molecule has 0 bridgehead atoms. The van der Waals surface area contributed by atoms with Gasteiger partial charge in [-0.25, -0.2) is 4.98 Å². The van der Waals surface area contributed by atoms with Crippen molar-refractivity contribution in [2.75, 3.05) is 18.4 Å². The highest BCUT2D eigenvalue weighted by Gasteiger charge is 2.31. The average molecular weight is 403 g/mol. The van der Waals surface area contributed by atoms with E-state index in [9.17, 15) is 13.2 Å². The van der Waals surface area contributed by atoms with Crippen molar-refractivity contribution >= 4 is 5.69 Å². The van der Waals surface area contributed by atoms with E-state index in [1.54, 1.807) is 6.08 Å². The molecule has 0 spiro atoms. The van der Waals surface area contributed by atoms with Crippen molar-refractivity contribution in [1.82, 2.24) is 9.88 Å². The van der Waals surface area contributed by atoms with Crippen LogP contribution < -0.4 is 10.1 Å². The van der Waals surface area contributed by atoms with Gasteiger partial charge in [0, 0.05) is 36.1 Å². The number of alkyl halides is 3. The van der Waals surface area contributed by atoms with E-state index in [1.807, 2.05) is 25.2 Å². The second kappa shape index (κ2) is 9.82. The molecule has 2 rings (SSSR count). The van der Waals surface area contributed by atoms with Crippen molar-refractivity contribution in [3.05, 3.63) is 91.0 Å². The van der Waals surface area contributed by atoms with E-state index in [-0.39, 0.29) is 0 Å². The van der Waals surface area contributed by atoms with Crippen molar-refractivity contribution in [2.24, 2.45) is 0 Å². The van der Waals surface area contributed by atoms with Crippen molar-refractivity contribution in [3.8, 4) is 5.88 Å². The molecule has 1 aliphatic heterocycles. The first-order chi connectivity index (χ1) is 13.7. The summed E-state index contributed by atoms with van der Waals surface area (Å²) in [5.74, 6) is -0.518. The van der Waals surface area contributed by atoms with Crippen LogP contribution in [0.5, 0.6) is 5.88 Å². The number of nitrogens with zero attached hydrogens (tertiary/aromatic N) is 2. The summed E-state index contributed by atoms with van der Waals surface area (Å²) in [4.78, 5) is 5.80. The highest BCUT2D eigenvalue weighted by molar-refractivity contribution is 5.58. The number of rotatable bonds is 8. The van der Waals surface area contributed by atoms with Crippen LogP contribution in [-0.2, 0) is 0 Å². The third-order valence-electron chi connectivity index (χ3n) is 4.23. The zero-order chi connectivity index (χ0) is 21.4. The van der Waals surface area contributed by atoms with Gasteiger partial charge in [0.15, 0.2) is 0 Å². The summed E-state index contributed by atoms with van der Waals surface area (Å²) in [5.41, 5.74) is 4.05. The zero-order valence-electron chi connectivity index (χ0n) is 16.3. The van der Waals surface area contributed by atoms with Gasteiger partial charge in [0.1, 0.15) is 0 Å². The second-order valence-electron chi connectivity index (χ2n) is 6.26. The molecule has 0 aliphatic carbocycles. The Kier molecular flexibility index (Phi) is 7.47. The van der Waals surface area contributed by atoms with Gasteiger partial charge in [0.2, 0.25) is 5.88 Å². The van der Waals surface area contributed by atoms with E-state index in [1.165, 1.54) is 12.3 Å². The molecule has 0 saturated carbocycles. The fourth-order valence-corrected chi connectivity index (χ4v) is 2.77. The molecule has 0 aromatic carbocycles. The maximum Gasteiger partial charge on any atom is 0.574 e. The lowest BCUT2D eigenvalue weighted by atomic mass is 9.96. The van der Waals surface area contributed by atoms with Gasteiger partial charge in [-0.1, -0.05) is 44.0 Å². The Morgan fingerprint density at radius 1 is 1.31 bits per heavy atom. The van der Waals surface area contributed by atoms with Gasteiger partial charge in [-0.05, 0) is 31.1 Å². The monoisotopic (exact) mass is 403 g/mol. The van der Waals surface area contributed by atoms with Crippen LogP contribution in [0.15, 0.2) is 91.0 Å². The number of hydrogen-bond donors (Lipinski definition) is 1. The summed E-state index contributed by atoms with van der Waals surface area (Å²) < 4.78 is 40.6. The number of allylic oxidation sites excluding steroid dienone is 5. The van der Waals surface area contributed by atoms with Gasteiger partial charge in [0.25, 0.3) is 0 Å². The van der Waals surface area contributed by atoms with E-state index in [2.05, 4.69) is 45.8 Å². The van der Waals surface area contributed by atoms with Gasteiger partial charge in [-0.3, -0.25) is 0 Å². The molecule has 2 heterocycles. The van der Waals surface area contributed by atoms with Crippen molar-refractivity contribution in [1.29, 1.82) is 0 Å². The Morgan fingerprint density at radius 3 is 2.59 bits per heavy atom. The lowest BCUT2D eigenvalue weighted by Gasteiger charge is -2.30. The van der Waals surface area contributed by atoms with E-state index in [4.69, 9.17) is 0 Å². The van der Waals surface area contributed by atoms with Gasteiger partial charge < -0.3 is 15.0 Å². The molecule has 29 heavy (non-hydrogen) atoms. The minimum Gasteiger partial charge on any atom is -0.388 e. The molecule has 1 aromatic heterocycles. The third-order valence-corrected chi connectivity index (χ3v) is 4.23. The van der Waals surface area contributed by atoms with Crippen molar-refractivity contribution in [2.45, 2.75) is 19.7 Å². The smallest absolute Gasteiger partial charge is 0.388 e. The summed E-state index contributed by atoms with van der Waals surface area (Å²) in [6, 6.07) is 2.61. The topological polar surface area (TPSA) is 37.4 Å². The molecule has 1 aromatic rings. The number of pyridine rings is 1. The van der Waals surface area contributed by atoms with Crippen LogP contribution in [0.3, 0.4) is 0 Å². The van der Waals surface area contributed by atoms with Crippen LogP contribution in [0.2, 0.25) is 0 Å². The Morgan fingerprint density at radius 2 is 2.07 bits per heavy atom.